The molecule has 0 saturated carbocycles. The molecule has 23 heavy (non-hydrogen) atoms. The minimum atomic E-state index is -0.160. The average Bonchev–Trinajstić information content (AvgIpc) is 2.53. The first-order valence-electron chi connectivity index (χ1n) is 7.38. The average molecular weight is 368 g/mol. The zero-order chi connectivity index (χ0) is 16.8. The van der Waals surface area contributed by atoms with Crippen molar-refractivity contribution in [3.05, 3.63) is 69.7 Å². The SMILES string of the molecule is C[C@H](SCc1ccccc1)C(=O)N[C@H](C)c1ccc(Cl)cc1Cl. The summed E-state index contributed by atoms with van der Waals surface area (Å²) in [4.78, 5) is 12.3. The van der Waals surface area contributed by atoms with E-state index in [-0.39, 0.29) is 17.2 Å². The zero-order valence-electron chi connectivity index (χ0n) is 13.1. The molecule has 1 amide bonds. The van der Waals surface area contributed by atoms with E-state index in [4.69, 9.17) is 23.2 Å². The molecule has 5 heteroatoms. The second-order valence-electron chi connectivity index (χ2n) is 5.33. The van der Waals surface area contributed by atoms with Crippen LogP contribution in [0.2, 0.25) is 10.0 Å². The number of nitrogens with one attached hydrogen (secondary N) is 1. The summed E-state index contributed by atoms with van der Waals surface area (Å²) in [6.45, 7) is 3.83. The molecule has 122 valence electrons. The van der Waals surface area contributed by atoms with E-state index in [1.54, 1.807) is 23.9 Å². The number of amides is 1. The summed E-state index contributed by atoms with van der Waals surface area (Å²) in [7, 11) is 0. The number of rotatable bonds is 6. The Kier molecular flexibility index (Phi) is 6.82. The van der Waals surface area contributed by atoms with Gasteiger partial charge in [-0.25, -0.2) is 0 Å². The molecule has 2 aromatic rings. The fourth-order valence-electron chi connectivity index (χ4n) is 2.13. The molecule has 0 bridgehead atoms. The van der Waals surface area contributed by atoms with Gasteiger partial charge in [0.25, 0.3) is 0 Å². The van der Waals surface area contributed by atoms with Gasteiger partial charge >= 0.3 is 0 Å². The lowest BCUT2D eigenvalue weighted by atomic mass is 10.1. The molecule has 0 saturated heterocycles. The van der Waals surface area contributed by atoms with Crippen LogP contribution >= 0.6 is 35.0 Å². The van der Waals surface area contributed by atoms with E-state index >= 15 is 0 Å². The number of carbonyl (C=O) groups excluding carboxylic acids is 1. The van der Waals surface area contributed by atoms with Gasteiger partial charge in [-0.2, -0.15) is 0 Å². The highest BCUT2D eigenvalue weighted by Gasteiger charge is 2.18. The summed E-state index contributed by atoms with van der Waals surface area (Å²) < 4.78 is 0. The molecule has 2 atom stereocenters. The normalized spacial score (nSPS) is 13.4. The van der Waals surface area contributed by atoms with Crippen molar-refractivity contribution in [3.8, 4) is 0 Å². The third-order valence-electron chi connectivity index (χ3n) is 3.50. The Bertz CT molecular complexity index is 663. The maximum atomic E-state index is 12.3. The highest BCUT2D eigenvalue weighted by atomic mass is 35.5. The Morgan fingerprint density at radius 2 is 1.83 bits per heavy atom. The van der Waals surface area contributed by atoms with Crippen molar-refractivity contribution in [2.45, 2.75) is 30.9 Å². The van der Waals surface area contributed by atoms with Crippen LogP contribution in [-0.4, -0.2) is 11.2 Å². The lowest BCUT2D eigenvalue weighted by Gasteiger charge is -2.19. The lowest BCUT2D eigenvalue weighted by Crippen LogP contribution is -2.33. The topological polar surface area (TPSA) is 29.1 Å². The van der Waals surface area contributed by atoms with Crippen molar-refractivity contribution < 1.29 is 4.79 Å². The van der Waals surface area contributed by atoms with Crippen LogP contribution in [0.4, 0.5) is 0 Å². The molecular weight excluding hydrogens is 349 g/mol. The first-order valence-corrected chi connectivity index (χ1v) is 9.18. The van der Waals surface area contributed by atoms with Crippen molar-refractivity contribution in [2.75, 3.05) is 0 Å². The number of thioether (sulfide) groups is 1. The van der Waals surface area contributed by atoms with Gasteiger partial charge in [0.05, 0.1) is 11.3 Å². The molecule has 0 unspecified atom stereocenters. The molecular formula is C18H19Cl2NOS. The Balaban J connectivity index is 1.89. The summed E-state index contributed by atoms with van der Waals surface area (Å²) in [5, 5.41) is 4.02. The van der Waals surface area contributed by atoms with E-state index in [1.807, 2.05) is 38.1 Å². The van der Waals surface area contributed by atoms with Gasteiger partial charge in [-0.1, -0.05) is 59.6 Å². The molecule has 0 aliphatic carbocycles. The largest absolute Gasteiger partial charge is 0.349 e. The van der Waals surface area contributed by atoms with Crippen molar-refractivity contribution in [3.63, 3.8) is 0 Å². The molecule has 2 aromatic carbocycles. The molecule has 0 aliphatic heterocycles. The van der Waals surface area contributed by atoms with Gasteiger partial charge in [-0.05, 0) is 37.1 Å². The number of benzene rings is 2. The van der Waals surface area contributed by atoms with Crippen LogP contribution in [0.3, 0.4) is 0 Å². The summed E-state index contributed by atoms with van der Waals surface area (Å²) in [5.74, 6) is 0.815. The first-order chi connectivity index (χ1) is 11.0. The molecule has 2 nitrogen and oxygen atoms in total. The molecule has 0 heterocycles. The Hall–Kier alpha value is -1.16. The molecule has 0 spiro atoms. The van der Waals surface area contributed by atoms with Crippen LogP contribution in [0, 0.1) is 0 Å². The van der Waals surface area contributed by atoms with Crippen LogP contribution in [0.25, 0.3) is 0 Å². The van der Waals surface area contributed by atoms with Gasteiger partial charge in [0.1, 0.15) is 0 Å². The summed E-state index contributed by atoms with van der Waals surface area (Å²) in [5.41, 5.74) is 2.08. The van der Waals surface area contributed by atoms with E-state index in [0.29, 0.717) is 10.0 Å². The van der Waals surface area contributed by atoms with Crippen LogP contribution in [0.5, 0.6) is 0 Å². The van der Waals surface area contributed by atoms with Crippen molar-refractivity contribution in [1.29, 1.82) is 0 Å². The van der Waals surface area contributed by atoms with Crippen LogP contribution in [0.1, 0.15) is 31.0 Å². The van der Waals surface area contributed by atoms with E-state index < -0.39 is 0 Å². The van der Waals surface area contributed by atoms with Crippen molar-refractivity contribution in [2.24, 2.45) is 0 Å². The maximum Gasteiger partial charge on any atom is 0.233 e. The van der Waals surface area contributed by atoms with E-state index in [2.05, 4.69) is 17.4 Å². The van der Waals surface area contributed by atoms with Gasteiger partial charge in [0.15, 0.2) is 0 Å². The second kappa shape index (κ2) is 8.62. The van der Waals surface area contributed by atoms with E-state index in [1.165, 1.54) is 5.56 Å². The molecule has 0 aliphatic rings. The molecule has 0 fully saturated rings. The minimum absolute atomic E-state index is 0.00412. The molecule has 0 aromatic heterocycles. The van der Waals surface area contributed by atoms with Crippen LogP contribution < -0.4 is 5.32 Å². The second-order valence-corrected chi connectivity index (χ2v) is 7.51. The highest BCUT2D eigenvalue weighted by molar-refractivity contribution is 7.99. The Labute approximate surface area is 151 Å². The van der Waals surface area contributed by atoms with Gasteiger partial charge < -0.3 is 5.32 Å². The van der Waals surface area contributed by atoms with E-state index in [0.717, 1.165) is 11.3 Å². The van der Waals surface area contributed by atoms with Crippen LogP contribution in [0.15, 0.2) is 48.5 Å². The predicted octanol–water partition coefficient (Wildman–Crippen LogP) is 5.49. The summed E-state index contributed by atoms with van der Waals surface area (Å²) >= 11 is 13.7. The predicted molar refractivity (Wildman–Crippen MR) is 100 cm³/mol. The van der Waals surface area contributed by atoms with Crippen molar-refractivity contribution in [1.82, 2.24) is 5.32 Å². The van der Waals surface area contributed by atoms with Crippen LogP contribution in [-0.2, 0) is 10.5 Å². The fourth-order valence-corrected chi connectivity index (χ4v) is 3.56. The Morgan fingerprint density at radius 3 is 2.48 bits per heavy atom. The summed E-state index contributed by atoms with van der Waals surface area (Å²) in [6.07, 6.45) is 0. The van der Waals surface area contributed by atoms with Gasteiger partial charge in [-0.15, -0.1) is 11.8 Å². The minimum Gasteiger partial charge on any atom is -0.349 e. The number of halogens is 2. The van der Waals surface area contributed by atoms with Gasteiger partial charge in [0, 0.05) is 15.8 Å². The van der Waals surface area contributed by atoms with Gasteiger partial charge in [0.2, 0.25) is 5.91 Å². The highest BCUT2D eigenvalue weighted by Crippen LogP contribution is 2.26. The first kappa shape index (κ1) is 18.2. The monoisotopic (exact) mass is 367 g/mol. The third kappa shape index (κ3) is 5.45. The number of hydrogen-bond donors (Lipinski definition) is 1. The quantitative estimate of drug-likeness (QED) is 0.730. The maximum absolute atomic E-state index is 12.3. The fraction of sp³-hybridized carbons (Fsp3) is 0.278. The molecule has 0 radical (unpaired) electrons. The number of hydrogen-bond acceptors (Lipinski definition) is 2. The van der Waals surface area contributed by atoms with Gasteiger partial charge in [-0.3, -0.25) is 4.79 Å². The lowest BCUT2D eigenvalue weighted by molar-refractivity contribution is -0.120. The standard InChI is InChI=1S/C18H19Cl2NOS/c1-12(16-9-8-15(19)10-17(16)20)21-18(22)13(2)23-11-14-6-4-3-5-7-14/h3-10,12-13H,11H2,1-2H3,(H,21,22)/t12-,13+/m1/s1. The zero-order valence-corrected chi connectivity index (χ0v) is 15.4. The van der Waals surface area contributed by atoms with Crippen molar-refractivity contribution >= 4 is 40.9 Å². The molecule has 1 N–H and O–H groups in total. The third-order valence-corrected chi connectivity index (χ3v) is 5.28. The Morgan fingerprint density at radius 1 is 1.13 bits per heavy atom. The van der Waals surface area contributed by atoms with E-state index in [9.17, 15) is 4.79 Å². The smallest absolute Gasteiger partial charge is 0.233 e. The molecule has 2 rings (SSSR count). The summed E-state index contributed by atoms with van der Waals surface area (Å²) in [6, 6.07) is 15.3. The number of carbonyl (C=O) groups is 1.